The standard InChI is InChI=1S/C24H35F4N5O5/c1-4-32(9-10-33(37-3)24(36)16-5-7-31(2)8-6-16)21-19(25)11-17(12-20(21)26)29-13-18(38-15-34)14-30-23(35)22(27)28/h11-12,15-16,18,22,29H,4-10,13-14H2,1-3H3,(H,30,35)/t18-/m1/s1. The topological polar surface area (TPSA) is 103 Å². The van der Waals surface area contributed by atoms with E-state index < -0.39 is 36.6 Å². The second kappa shape index (κ2) is 15.3. The Bertz CT molecular complexity index is 910. The summed E-state index contributed by atoms with van der Waals surface area (Å²) in [5.74, 6) is -3.62. The molecule has 0 radical (unpaired) electrons. The van der Waals surface area contributed by atoms with Crippen molar-refractivity contribution in [3.8, 4) is 0 Å². The molecule has 0 aromatic heterocycles. The number of alkyl halides is 2. The third-order valence-electron chi connectivity index (χ3n) is 6.31. The van der Waals surface area contributed by atoms with Gasteiger partial charge in [-0.1, -0.05) is 0 Å². The van der Waals surface area contributed by atoms with E-state index in [1.54, 1.807) is 6.92 Å². The highest BCUT2D eigenvalue weighted by molar-refractivity contribution is 5.79. The molecule has 38 heavy (non-hydrogen) atoms. The first-order chi connectivity index (χ1) is 18.1. The van der Waals surface area contributed by atoms with Gasteiger partial charge in [-0.3, -0.25) is 19.2 Å². The summed E-state index contributed by atoms with van der Waals surface area (Å²) in [6.07, 6.45) is -2.88. The first-order valence-electron chi connectivity index (χ1n) is 12.3. The van der Waals surface area contributed by atoms with Crippen LogP contribution in [-0.4, -0.2) is 101 Å². The molecule has 2 amide bonds. The Morgan fingerprint density at radius 1 is 1.16 bits per heavy atom. The van der Waals surface area contributed by atoms with E-state index in [0.29, 0.717) is 12.8 Å². The number of nitrogens with one attached hydrogen (secondary N) is 2. The maximum absolute atomic E-state index is 15.0. The SMILES string of the molecule is CCN(CCN(OC)C(=O)C1CCN(C)CC1)c1c(F)cc(NC[C@H](CNC(=O)C(F)F)OC=O)cc1F. The maximum atomic E-state index is 15.0. The van der Waals surface area contributed by atoms with Gasteiger partial charge >= 0.3 is 6.43 Å². The molecular weight excluding hydrogens is 514 g/mol. The van der Waals surface area contributed by atoms with Crippen LogP contribution >= 0.6 is 0 Å². The number of nitrogens with zero attached hydrogens (tertiary/aromatic N) is 3. The molecule has 214 valence electrons. The summed E-state index contributed by atoms with van der Waals surface area (Å²) in [7, 11) is 3.37. The summed E-state index contributed by atoms with van der Waals surface area (Å²) in [6.45, 7) is 3.23. The van der Waals surface area contributed by atoms with E-state index in [9.17, 15) is 31.9 Å². The first kappa shape index (κ1) is 31.1. The number of hydrogen-bond acceptors (Lipinski definition) is 8. The number of anilines is 2. The molecule has 2 N–H and O–H groups in total. The van der Waals surface area contributed by atoms with Crippen LogP contribution in [0.3, 0.4) is 0 Å². The van der Waals surface area contributed by atoms with Crippen LogP contribution in [0.2, 0.25) is 0 Å². The minimum absolute atomic E-state index is 0.00968. The lowest BCUT2D eigenvalue weighted by Crippen LogP contribution is -2.44. The average molecular weight is 550 g/mol. The van der Waals surface area contributed by atoms with E-state index >= 15 is 0 Å². The predicted molar refractivity (Wildman–Crippen MR) is 132 cm³/mol. The van der Waals surface area contributed by atoms with E-state index in [0.717, 1.165) is 25.2 Å². The van der Waals surface area contributed by atoms with Crippen LogP contribution in [0.25, 0.3) is 0 Å². The molecule has 1 atom stereocenters. The van der Waals surface area contributed by atoms with Crippen molar-refractivity contribution in [1.29, 1.82) is 0 Å². The largest absolute Gasteiger partial charge is 0.461 e. The fourth-order valence-electron chi connectivity index (χ4n) is 4.13. The molecule has 0 aliphatic carbocycles. The fourth-order valence-corrected chi connectivity index (χ4v) is 4.13. The lowest BCUT2D eigenvalue weighted by Gasteiger charge is -2.32. The number of carbonyl (C=O) groups excluding carboxylic acids is 3. The van der Waals surface area contributed by atoms with Crippen LogP contribution in [0, 0.1) is 17.6 Å². The van der Waals surface area contributed by atoms with Crippen LogP contribution in [0.5, 0.6) is 0 Å². The number of rotatable bonds is 15. The Morgan fingerprint density at radius 3 is 2.32 bits per heavy atom. The monoisotopic (exact) mass is 549 g/mol. The number of piperidine rings is 1. The lowest BCUT2D eigenvalue weighted by molar-refractivity contribution is -0.181. The zero-order valence-electron chi connectivity index (χ0n) is 21.7. The van der Waals surface area contributed by atoms with Gasteiger partial charge < -0.3 is 25.2 Å². The Kier molecular flexibility index (Phi) is 12.5. The second-order valence-corrected chi connectivity index (χ2v) is 8.85. The minimum Gasteiger partial charge on any atom is -0.461 e. The third kappa shape index (κ3) is 9.01. The Hall–Kier alpha value is -3.13. The summed E-state index contributed by atoms with van der Waals surface area (Å²) in [5, 5.41) is 5.80. The average Bonchev–Trinajstić information content (AvgIpc) is 2.89. The molecule has 1 heterocycles. The van der Waals surface area contributed by atoms with Crippen molar-refractivity contribution in [1.82, 2.24) is 15.3 Å². The van der Waals surface area contributed by atoms with Gasteiger partial charge in [-0.2, -0.15) is 8.78 Å². The molecule has 1 fully saturated rings. The van der Waals surface area contributed by atoms with Crippen LogP contribution in [0.15, 0.2) is 12.1 Å². The summed E-state index contributed by atoms with van der Waals surface area (Å²) in [6, 6.07) is 2.07. The number of likely N-dealkylation sites (tertiary alicyclic amines) is 1. The maximum Gasteiger partial charge on any atom is 0.315 e. The van der Waals surface area contributed by atoms with Crippen molar-refractivity contribution < 1.29 is 41.5 Å². The van der Waals surface area contributed by atoms with Crippen LogP contribution in [-0.2, 0) is 24.0 Å². The normalized spacial score (nSPS) is 15.2. The summed E-state index contributed by atoms with van der Waals surface area (Å²) < 4.78 is 59.4. The zero-order chi connectivity index (χ0) is 28.2. The van der Waals surface area contributed by atoms with Crippen molar-refractivity contribution in [3.63, 3.8) is 0 Å². The number of halogens is 4. The van der Waals surface area contributed by atoms with Crippen LogP contribution in [0.4, 0.5) is 28.9 Å². The van der Waals surface area contributed by atoms with Crippen molar-refractivity contribution >= 4 is 29.7 Å². The minimum atomic E-state index is -3.24. The molecule has 1 aliphatic rings. The molecule has 0 saturated carbocycles. The molecule has 0 spiro atoms. The quantitative estimate of drug-likeness (QED) is 0.194. The van der Waals surface area contributed by atoms with E-state index in [1.165, 1.54) is 17.1 Å². The number of hydroxylamine groups is 2. The number of benzene rings is 1. The number of carbonyl (C=O) groups is 3. The molecule has 1 aromatic carbocycles. The van der Waals surface area contributed by atoms with Gasteiger partial charge in [0.15, 0.2) is 11.6 Å². The molecule has 10 nitrogen and oxygen atoms in total. The summed E-state index contributed by atoms with van der Waals surface area (Å²) in [4.78, 5) is 43.4. The van der Waals surface area contributed by atoms with Crippen molar-refractivity contribution in [2.24, 2.45) is 5.92 Å². The molecule has 14 heteroatoms. The van der Waals surface area contributed by atoms with Crippen LogP contribution < -0.4 is 15.5 Å². The first-order valence-corrected chi connectivity index (χ1v) is 12.3. The molecule has 0 bridgehead atoms. The number of hydrogen-bond donors (Lipinski definition) is 2. The van der Waals surface area contributed by atoms with Gasteiger partial charge in [0, 0.05) is 24.7 Å². The van der Waals surface area contributed by atoms with Crippen molar-refractivity contribution in [2.75, 3.05) is 70.2 Å². The van der Waals surface area contributed by atoms with E-state index in [4.69, 9.17) is 9.57 Å². The van der Waals surface area contributed by atoms with Gasteiger partial charge in [-0.15, -0.1) is 0 Å². The van der Waals surface area contributed by atoms with Gasteiger partial charge in [0.25, 0.3) is 12.4 Å². The molecule has 1 aromatic rings. The van der Waals surface area contributed by atoms with Crippen molar-refractivity contribution in [2.45, 2.75) is 32.3 Å². The van der Waals surface area contributed by atoms with Crippen molar-refractivity contribution in [3.05, 3.63) is 23.8 Å². The van der Waals surface area contributed by atoms with Gasteiger partial charge in [0.1, 0.15) is 11.8 Å². The highest BCUT2D eigenvalue weighted by Gasteiger charge is 2.28. The van der Waals surface area contributed by atoms with Gasteiger partial charge in [-0.05, 0) is 52.0 Å². The Balaban J connectivity index is 2.02. The highest BCUT2D eigenvalue weighted by Crippen LogP contribution is 2.27. The second-order valence-electron chi connectivity index (χ2n) is 8.85. The number of amides is 2. The Labute approximate surface area is 219 Å². The van der Waals surface area contributed by atoms with E-state index in [-0.39, 0.29) is 55.9 Å². The lowest BCUT2D eigenvalue weighted by atomic mass is 9.96. The van der Waals surface area contributed by atoms with Gasteiger partial charge in [0.2, 0.25) is 5.91 Å². The molecular formula is C24H35F4N5O5. The molecule has 0 unspecified atom stereocenters. The Morgan fingerprint density at radius 2 is 1.79 bits per heavy atom. The van der Waals surface area contributed by atoms with Crippen LogP contribution in [0.1, 0.15) is 19.8 Å². The number of likely N-dealkylation sites (N-methyl/N-ethyl adjacent to an activating group) is 1. The zero-order valence-corrected chi connectivity index (χ0v) is 21.7. The predicted octanol–water partition coefficient (Wildman–Crippen LogP) is 1.86. The molecule has 2 rings (SSSR count). The highest BCUT2D eigenvalue weighted by atomic mass is 19.3. The fraction of sp³-hybridized carbons (Fsp3) is 0.625. The third-order valence-corrected chi connectivity index (χ3v) is 6.31. The number of ether oxygens (including phenoxy) is 1. The molecule has 1 aliphatic heterocycles. The van der Waals surface area contributed by atoms with Gasteiger partial charge in [-0.25, -0.2) is 13.8 Å². The van der Waals surface area contributed by atoms with Gasteiger partial charge in [0.05, 0.1) is 26.7 Å². The smallest absolute Gasteiger partial charge is 0.315 e. The summed E-state index contributed by atoms with van der Waals surface area (Å²) >= 11 is 0. The van der Waals surface area contributed by atoms with E-state index in [2.05, 4.69) is 10.2 Å². The van der Waals surface area contributed by atoms with E-state index in [1.807, 2.05) is 12.4 Å². The summed E-state index contributed by atoms with van der Waals surface area (Å²) in [5.41, 5.74) is -0.277. The molecule has 1 saturated heterocycles.